The molecule has 1 fully saturated rings. The van der Waals surface area contributed by atoms with Gasteiger partial charge in [-0.05, 0) is 32.3 Å². The van der Waals surface area contributed by atoms with Crippen LogP contribution in [-0.2, 0) is 15.0 Å². The summed E-state index contributed by atoms with van der Waals surface area (Å²) >= 11 is 0. The summed E-state index contributed by atoms with van der Waals surface area (Å²) in [6.45, 7) is 1.76. The number of hydrogen-bond acceptors (Lipinski definition) is 2. The van der Waals surface area contributed by atoms with E-state index in [4.69, 9.17) is 0 Å². The Morgan fingerprint density at radius 3 is 2.54 bits per heavy atom. The lowest BCUT2D eigenvalue weighted by atomic mass is 9.77. The number of benzene rings is 1. The van der Waals surface area contributed by atoms with Gasteiger partial charge in [0, 0.05) is 11.6 Å². The molecule has 130 valence electrons. The molecule has 1 aliphatic carbocycles. The van der Waals surface area contributed by atoms with Gasteiger partial charge in [0.15, 0.2) is 0 Å². The first-order valence-corrected chi connectivity index (χ1v) is 8.01. The molecule has 1 unspecified atom stereocenters. The van der Waals surface area contributed by atoms with Crippen molar-refractivity contribution in [3.05, 3.63) is 47.5 Å². The summed E-state index contributed by atoms with van der Waals surface area (Å²) in [6.07, 6.45) is 5.80. The van der Waals surface area contributed by atoms with Gasteiger partial charge >= 0.3 is 5.97 Å². The minimum Gasteiger partial charge on any atom is -0.480 e. The molecule has 2 rings (SSSR count). The molecule has 0 heterocycles. The van der Waals surface area contributed by atoms with Crippen molar-refractivity contribution >= 4 is 11.9 Å². The Labute approximate surface area is 139 Å². The lowest BCUT2D eigenvalue weighted by molar-refractivity contribution is -0.142. The highest BCUT2D eigenvalue weighted by molar-refractivity contribution is 5.92. The summed E-state index contributed by atoms with van der Waals surface area (Å²) in [6, 6.07) is 2.10. The zero-order chi connectivity index (χ0) is 17.7. The third kappa shape index (κ3) is 3.63. The SMILES string of the molecule is C/C=C/CC(NC(=O)C1(c2ccc(F)cc2F)CCCC1)C(=O)O. The molecule has 1 aliphatic rings. The second-order valence-corrected chi connectivity index (χ2v) is 6.08. The molecule has 2 N–H and O–H groups in total. The van der Waals surface area contributed by atoms with Gasteiger partial charge in [-0.3, -0.25) is 4.79 Å². The van der Waals surface area contributed by atoms with Crippen molar-refractivity contribution < 1.29 is 23.5 Å². The fourth-order valence-corrected chi connectivity index (χ4v) is 3.26. The zero-order valence-electron chi connectivity index (χ0n) is 13.5. The van der Waals surface area contributed by atoms with Crippen LogP contribution in [0.3, 0.4) is 0 Å². The van der Waals surface area contributed by atoms with Gasteiger partial charge in [0.25, 0.3) is 0 Å². The monoisotopic (exact) mass is 337 g/mol. The Kier molecular flexibility index (Phi) is 5.70. The standard InChI is InChI=1S/C18H21F2NO3/c1-2-3-6-15(16(22)23)21-17(24)18(9-4-5-10-18)13-8-7-12(19)11-14(13)20/h2-3,7-8,11,15H,4-6,9-10H2,1H3,(H,21,24)(H,22,23)/b3-2+. The molecule has 1 atom stereocenters. The van der Waals surface area contributed by atoms with E-state index in [9.17, 15) is 23.5 Å². The quantitative estimate of drug-likeness (QED) is 0.783. The first-order valence-electron chi connectivity index (χ1n) is 8.01. The van der Waals surface area contributed by atoms with Gasteiger partial charge in [-0.25, -0.2) is 13.6 Å². The number of aliphatic carboxylic acids is 1. The van der Waals surface area contributed by atoms with Crippen LogP contribution in [0.2, 0.25) is 0 Å². The van der Waals surface area contributed by atoms with Crippen molar-refractivity contribution in [1.82, 2.24) is 5.32 Å². The molecule has 1 saturated carbocycles. The van der Waals surface area contributed by atoms with Gasteiger partial charge in [-0.2, -0.15) is 0 Å². The molecule has 1 aromatic carbocycles. The fourth-order valence-electron chi connectivity index (χ4n) is 3.26. The lowest BCUT2D eigenvalue weighted by Crippen LogP contribution is -2.49. The van der Waals surface area contributed by atoms with Gasteiger partial charge in [0.05, 0.1) is 5.41 Å². The number of carboxylic acid groups (broad SMARTS) is 1. The van der Waals surface area contributed by atoms with Crippen molar-refractivity contribution in [2.75, 3.05) is 0 Å². The molecule has 4 nitrogen and oxygen atoms in total. The third-order valence-electron chi connectivity index (χ3n) is 4.55. The van der Waals surface area contributed by atoms with Crippen LogP contribution in [-0.4, -0.2) is 23.0 Å². The number of amides is 1. The third-order valence-corrected chi connectivity index (χ3v) is 4.55. The van der Waals surface area contributed by atoms with E-state index in [0.717, 1.165) is 25.0 Å². The van der Waals surface area contributed by atoms with Crippen LogP contribution in [0.15, 0.2) is 30.4 Å². The maximum atomic E-state index is 14.3. The number of hydrogen-bond donors (Lipinski definition) is 2. The zero-order valence-corrected chi connectivity index (χ0v) is 13.5. The van der Waals surface area contributed by atoms with E-state index in [0.29, 0.717) is 12.8 Å². The molecule has 0 radical (unpaired) electrons. The van der Waals surface area contributed by atoms with Crippen molar-refractivity contribution in [3.63, 3.8) is 0 Å². The first kappa shape index (κ1) is 18.1. The molecule has 0 spiro atoms. The Morgan fingerprint density at radius 2 is 2.00 bits per heavy atom. The fraction of sp³-hybridized carbons (Fsp3) is 0.444. The van der Waals surface area contributed by atoms with Crippen LogP contribution in [0.4, 0.5) is 8.78 Å². The van der Waals surface area contributed by atoms with Crippen LogP contribution >= 0.6 is 0 Å². The van der Waals surface area contributed by atoms with E-state index in [1.54, 1.807) is 19.1 Å². The summed E-state index contributed by atoms with van der Waals surface area (Å²) in [5, 5.41) is 11.8. The number of rotatable bonds is 6. The van der Waals surface area contributed by atoms with E-state index in [1.165, 1.54) is 6.07 Å². The molecule has 1 aromatic rings. The summed E-state index contributed by atoms with van der Waals surface area (Å²) in [4.78, 5) is 24.2. The number of halogens is 2. The second kappa shape index (κ2) is 7.55. The van der Waals surface area contributed by atoms with Crippen LogP contribution in [0.1, 0.15) is 44.6 Å². The maximum Gasteiger partial charge on any atom is 0.326 e. The smallest absolute Gasteiger partial charge is 0.326 e. The number of carbonyl (C=O) groups is 2. The molecule has 0 aliphatic heterocycles. The summed E-state index contributed by atoms with van der Waals surface area (Å²) in [7, 11) is 0. The number of nitrogens with one attached hydrogen (secondary N) is 1. The summed E-state index contributed by atoms with van der Waals surface area (Å²) in [5.41, 5.74) is -1.00. The molecule has 24 heavy (non-hydrogen) atoms. The molecule has 0 bridgehead atoms. The minimum atomic E-state index is -1.14. The predicted molar refractivity (Wildman–Crippen MR) is 85.5 cm³/mol. The van der Waals surface area contributed by atoms with Gasteiger partial charge in [0.2, 0.25) is 5.91 Å². The normalized spacial score (nSPS) is 17.8. The topological polar surface area (TPSA) is 66.4 Å². The minimum absolute atomic E-state index is 0.133. The maximum absolute atomic E-state index is 14.3. The van der Waals surface area contributed by atoms with Crippen LogP contribution in [0.5, 0.6) is 0 Å². The van der Waals surface area contributed by atoms with Crippen molar-refractivity contribution in [2.45, 2.75) is 50.5 Å². The van der Waals surface area contributed by atoms with E-state index < -0.39 is 35.0 Å². The van der Waals surface area contributed by atoms with Gasteiger partial charge in [-0.15, -0.1) is 0 Å². The summed E-state index contributed by atoms with van der Waals surface area (Å²) < 4.78 is 27.4. The first-order chi connectivity index (χ1) is 11.4. The second-order valence-electron chi connectivity index (χ2n) is 6.08. The lowest BCUT2D eigenvalue weighted by Gasteiger charge is -2.30. The van der Waals surface area contributed by atoms with Crippen molar-refractivity contribution in [3.8, 4) is 0 Å². The predicted octanol–water partition coefficient (Wildman–Crippen LogP) is 3.31. The molecular weight excluding hydrogens is 316 g/mol. The average Bonchev–Trinajstić information content (AvgIpc) is 3.01. The number of allylic oxidation sites excluding steroid dienone is 1. The summed E-state index contributed by atoms with van der Waals surface area (Å²) in [5.74, 6) is -3.13. The van der Waals surface area contributed by atoms with E-state index >= 15 is 0 Å². The van der Waals surface area contributed by atoms with Crippen LogP contribution in [0.25, 0.3) is 0 Å². The van der Waals surface area contributed by atoms with Crippen molar-refractivity contribution in [2.24, 2.45) is 0 Å². The highest BCUT2D eigenvalue weighted by Crippen LogP contribution is 2.42. The van der Waals surface area contributed by atoms with E-state index in [1.807, 2.05) is 0 Å². The highest BCUT2D eigenvalue weighted by atomic mass is 19.1. The Bertz CT molecular complexity index is 652. The average molecular weight is 337 g/mol. The molecule has 1 amide bonds. The van der Waals surface area contributed by atoms with Crippen LogP contribution < -0.4 is 5.32 Å². The Morgan fingerprint density at radius 1 is 1.33 bits per heavy atom. The molecule has 0 saturated heterocycles. The number of carboxylic acids is 1. The van der Waals surface area contributed by atoms with E-state index in [2.05, 4.69) is 5.32 Å². The van der Waals surface area contributed by atoms with E-state index in [-0.39, 0.29) is 12.0 Å². The van der Waals surface area contributed by atoms with Crippen molar-refractivity contribution in [1.29, 1.82) is 0 Å². The van der Waals surface area contributed by atoms with Gasteiger partial charge in [0.1, 0.15) is 17.7 Å². The Balaban J connectivity index is 2.32. The molecule has 0 aromatic heterocycles. The van der Waals surface area contributed by atoms with Gasteiger partial charge < -0.3 is 10.4 Å². The highest BCUT2D eigenvalue weighted by Gasteiger charge is 2.45. The van der Waals surface area contributed by atoms with Crippen LogP contribution in [0, 0.1) is 11.6 Å². The largest absolute Gasteiger partial charge is 0.480 e. The molecular formula is C18H21F2NO3. The van der Waals surface area contributed by atoms with Gasteiger partial charge in [-0.1, -0.05) is 31.1 Å². The molecule has 6 heteroatoms. The number of carbonyl (C=O) groups excluding carboxylic acids is 1. The Hall–Kier alpha value is -2.24.